The van der Waals surface area contributed by atoms with Gasteiger partial charge in [-0.15, -0.1) is 0 Å². The maximum atomic E-state index is 13.4. The molecule has 1 fully saturated rings. The van der Waals surface area contributed by atoms with Gasteiger partial charge in [0.15, 0.2) is 11.5 Å². The van der Waals surface area contributed by atoms with E-state index in [0.717, 1.165) is 59.6 Å². The lowest BCUT2D eigenvalue weighted by atomic mass is 10.0. The highest BCUT2D eigenvalue weighted by atomic mass is 19.1. The van der Waals surface area contributed by atoms with Crippen molar-refractivity contribution >= 4 is 5.91 Å². The number of aryl methyl sites for hydroxylation is 1. The van der Waals surface area contributed by atoms with Gasteiger partial charge < -0.3 is 14.4 Å². The highest BCUT2D eigenvalue weighted by molar-refractivity contribution is 5.80. The van der Waals surface area contributed by atoms with Gasteiger partial charge in [-0.1, -0.05) is 18.2 Å². The summed E-state index contributed by atoms with van der Waals surface area (Å²) < 4.78 is 24.8. The fourth-order valence-electron chi connectivity index (χ4n) is 4.64. The summed E-state index contributed by atoms with van der Waals surface area (Å²) in [6, 6.07) is 16.2. The van der Waals surface area contributed by atoms with Crippen LogP contribution >= 0.6 is 0 Å². The van der Waals surface area contributed by atoms with Crippen molar-refractivity contribution in [1.29, 1.82) is 0 Å². The van der Waals surface area contributed by atoms with Crippen LogP contribution in [0.3, 0.4) is 0 Å². The van der Waals surface area contributed by atoms with Crippen molar-refractivity contribution < 1.29 is 18.7 Å². The molecule has 170 valence electrons. The standard InChI is InChI=1S/C27H27FN2O3/c1-18-14-21(20-6-8-22(28)9-7-20)17-23(29-18)24-4-2-11-30(24)27(31)16-19-5-10-25-26(15-19)33-13-3-12-32-25/h5-10,14-15,17,24H,2-4,11-13,16H2,1H3/t24-/m1/s1. The number of carbonyl (C=O) groups excluding carboxylic acids is 1. The van der Waals surface area contributed by atoms with Gasteiger partial charge in [0.1, 0.15) is 5.82 Å². The second-order valence-corrected chi connectivity index (χ2v) is 8.68. The van der Waals surface area contributed by atoms with E-state index in [1.165, 1.54) is 12.1 Å². The Kier molecular flexibility index (Phi) is 5.99. The Balaban J connectivity index is 1.36. The molecule has 1 atom stereocenters. The molecular formula is C27H27FN2O3. The van der Waals surface area contributed by atoms with E-state index >= 15 is 0 Å². The third-order valence-corrected chi connectivity index (χ3v) is 6.23. The molecule has 5 rings (SSSR count). The molecule has 33 heavy (non-hydrogen) atoms. The third-order valence-electron chi connectivity index (χ3n) is 6.23. The van der Waals surface area contributed by atoms with Crippen LogP contribution in [0.4, 0.5) is 4.39 Å². The Morgan fingerprint density at radius 1 is 1.00 bits per heavy atom. The van der Waals surface area contributed by atoms with Crippen molar-refractivity contribution in [2.45, 2.75) is 38.6 Å². The smallest absolute Gasteiger partial charge is 0.227 e. The zero-order chi connectivity index (χ0) is 22.8. The van der Waals surface area contributed by atoms with E-state index in [9.17, 15) is 9.18 Å². The molecule has 2 aliphatic rings. The molecule has 0 bridgehead atoms. The number of likely N-dealkylation sites (tertiary alicyclic amines) is 1. The largest absolute Gasteiger partial charge is 0.490 e. The normalized spacial score (nSPS) is 17.6. The lowest BCUT2D eigenvalue weighted by Gasteiger charge is -2.25. The molecule has 1 saturated heterocycles. The van der Waals surface area contributed by atoms with E-state index in [1.54, 1.807) is 12.1 Å². The lowest BCUT2D eigenvalue weighted by molar-refractivity contribution is -0.131. The number of rotatable bonds is 4. The zero-order valence-corrected chi connectivity index (χ0v) is 18.7. The summed E-state index contributed by atoms with van der Waals surface area (Å²) in [6.07, 6.45) is 2.98. The number of benzene rings is 2. The van der Waals surface area contributed by atoms with Gasteiger partial charge in [-0.05, 0) is 72.9 Å². The van der Waals surface area contributed by atoms with Gasteiger partial charge >= 0.3 is 0 Å². The fourth-order valence-corrected chi connectivity index (χ4v) is 4.64. The van der Waals surface area contributed by atoms with Crippen LogP contribution in [-0.4, -0.2) is 35.5 Å². The number of nitrogens with zero attached hydrogens (tertiary/aromatic N) is 2. The van der Waals surface area contributed by atoms with Gasteiger partial charge in [0.25, 0.3) is 0 Å². The number of amides is 1. The molecule has 0 radical (unpaired) electrons. The van der Waals surface area contributed by atoms with Crippen LogP contribution in [0.25, 0.3) is 11.1 Å². The molecular weight excluding hydrogens is 419 g/mol. The molecule has 0 N–H and O–H groups in total. The van der Waals surface area contributed by atoms with E-state index in [1.807, 2.05) is 42.2 Å². The second kappa shape index (κ2) is 9.22. The van der Waals surface area contributed by atoms with Crippen LogP contribution in [0.15, 0.2) is 54.6 Å². The first-order chi connectivity index (χ1) is 16.1. The average Bonchev–Trinajstić information content (AvgIpc) is 3.19. The molecule has 0 saturated carbocycles. The molecule has 0 unspecified atom stereocenters. The molecule has 2 aliphatic heterocycles. The molecule has 1 aromatic heterocycles. The average molecular weight is 447 g/mol. The number of carbonyl (C=O) groups is 1. The number of fused-ring (bicyclic) bond motifs is 1. The third kappa shape index (κ3) is 4.70. The number of pyridine rings is 1. The summed E-state index contributed by atoms with van der Waals surface area (Å²) in [5, 5.41) is 0. The molecule has 0 spiro atoms. The van der Waals surface area contributed by atoms with Crippen molar-refractivity contribution in [3.05, 3.63) is 77.4 Å². The SMILES string of the molecule is Cc1cc(-c2ccc(F)cc2)cc([C@H]2CCCN2C(=O)Cc2ccc3c(c2)OCCCO3)n1. The number of hydrogen-bond donors (Lipinski definition) is 0. The minimum absolute atomic E-state index is 0.0583. The number of ether oxygens (including phenoxy) is 2. The molecule has 3 heterocycles. The van der Waals surface area contributed by atoms with Gasteiger partial charge in [0.2, 0.25) is 5.91 Å². The van der Waals surface area contributed by atoms with Crippen molar-refractivity contribution in [1.82, 2.24) is 9.88 Å². The summed E-state index contributed by atoms with van der Waals surface area (Å²) in [5.74, 6) is 1.27. The molecule has 1 amide bonds. The highest BCUT2D eigenvalue weighted by Gasteiger charge is 2.31. The van der Waals surface area contributed by atoms with Crippen LogP contribution in [0.1, 0.15) is 42.3 Å². The molecule has 5 nitrogen and oxygen atoms in total. The Hall–Kier alpha value is -3.41. The van der Waals surface area contributed by atoms with Crippen molar-refractivity contribution in [2.24, 2.45) is 0 Å². The van der Waals surface area contributed by atoms with Crippen LogP contribution < -0.4 is 9.47 Å². The monoisotopic (exact) mass is 446 g/mol. The van der Waals surface area contributed by atoms with Crippen LogP contribution in [-0.2, 0) is 11.2 Å². The summed E-state index contributed by atoms with van der Waals surface area (Å²) in [4.78, 5) is 20.0. The first-order valence-corrected chi connectivity index (χ1v) is 11.5. The van der Waals surface area contributed by atoms with Gasteiger partial charge in [0.05, 0.1) is 31.4 Å². The predicted molar refractivity (Wildman–Crippen MR) is 124 cm³/mol. The van der Waals surface area contributed by atoms with Gasteiger partial charge in [-0.3, -0.25) is 9.78 Å². The number of hydrogen-bond acceptors (Lipinski definition) is 4. The van der Waals surface area contributed by atoms with E-state index in [2.05, 4.69) is 0 Å². The maximum Gasteiger partial charge on any atom is 0.227 e. The molecule has 3 aromatic rings. The van der Waals surface area contributed by atoms with Gasteiger partial charge in [-0.25, -0.2) is 4.39 Å². The maximum absolute atomic E-state index is 13.4. The summed E-state index contributed by atoms with van der Waals surface area (Å²) in [5.41, 5.74) is 4.61. The van der Waals surface area contributed by atoms with E-state index < -0.39 is 0 Å². The molecule has 2 aromatic carbocycles. The van der Waals surface area contributed by atoms with Crippen LogP contribution in [0, 0.1) is 12.7 Å². The van der Waals surface area contributed by atoms with Crippen molar-refractivity contribution in [2.75, 3.05) is 19.8 Å². The zero-order valence-electron chi connectivity index (χ0n) is 18.7. The van der Waals surface area contributed by atoms with E-state index in [4.69, 9.17) is 14.5 Å². The Morgan fingerprint density at radius 2 is 1.79 bits per heavy atom. The first-order valence-electron chi connectivity index (χ1n) is 11.5. The lowest BCUT2D eigenvalue weighted by Crippen LogP contribution is -2.32. The fraction of sp³-hybridized carbons (Fsp3) is 0.333. The highest BCUT2D eigenvalue weighted by Crippen LogP contribution is 2.35. The van der Waals surface area contributed by atoms with Crippen LogP contribution in [0.5, 0.6) is 11.5 Å². The Bertz CT molecular complexity index is 1160. The van der Waals surface area contributed by atoms with Crippen molar-refractivity contribution in [3.8, 4) is 22.6 Å². The second-order valence-electron chi connectivity index (χ2n) is 8.68. The number of aromatic nitrogens is 1. The molecule has 0 aliphatic carbocycles. The summed E-state index contributed by atoms with van der Waals surface area (Å²) in [6.45, 7) is 3.93. The predicted octanol–water partition coefficient (Wildman–Crippen LogP) is 5.26. The summed E-state index contributed by atoms with van der Waals surface area (Å²) >= 11 is 0. The first kappa shape index (κ1) is 21.4. The van der Waals surface area contributed by atoms with Crippen molar-refractivity contribution in [3.63, 3.8) is 0 Å². The Labute approximate surface area is 193 Å². The molecule has 6 heteroatoms. The van der Waals surface area contributed by atoms with E-state index in [-0.39, 0.29) is 17.8 Å². The van der Waals surface area contributed by atoms with E-state index in [0.29, 0.717) is 25.4 Å². The number of halogens is 1. The van der Waals surface area contributed by atoms with Gasteiger partial charge in [0, 0.05) is 18.7 Å². The quantitative estimate of drug-likeness (QED) is 0.548. The van der Waals surface area contributed by atoms with Gasteiger partial charge in [-0.2, -0.15) is 0 Å². The minimum Gasteiger partial charge on any atom is -0.490 e. The summed E-state index contributed by atoms with van der Waals surface area (Å²) in [7, 11) is 0. The van der Waals surface area contributed by atoms with Crippen LogP contribution in [0.2, 0.25) is 0 Å². The topological polar surface area (TPSA) is 51.7 Å². The minimum atomic E-state index is -0.257. The Morgan fingerprint density at radius 3 is 2.61 bits per heavy atom.